The van der Waals surface area contributed by atoms with Gasteiger partial charge in [-0.15, -0.1) is 0 Å². The Balaban J connectivity index is 3.34. The molecule has 72 valence electrons. The lowest BCUT2D eigenvalue weighted by Crippen LogP contribution is -2.52. The normalized spacial score (nSPS) is 10.5. The van der Waals surface area contributed by atoms with Crippen LogP contribution in [0.4, 0.5) is 4.79 Å². The Morgan fingerprint density at radius 3 is 1.50 bits per heavy atom. The van der Waals surface area contributed by atoms with Crippen molar-refractivity contribution in [2.24, 2.45) is 0 Å². The van der Waals surface area contributed by atoms with Crippen molar-refractivity contribution in [1.29, 1.82) is 0 Å². The molecular weight excluding hydrogens is 156 g/mol. The summed E-state index contributed by atoms with van der Waals surface area (Å²) in [7, 11) is 0. The van der Waals surface area contributed by atoms with Gasteiger partial charge in [0.25, 0.3) is 0 Å². The van der Waals surface area contributed by atoms with E-state index in [1.807, 2.05) is 27.7 Å². The van der Waals surface area contributed by atoms with E-state index in [9.17, 15) is 4.79 Å². The van der Waals surface area contributed by atoms with Crippen LogP contribution in [-0.2, 0) is 0 Å². The Morgan fingerprint density at radius 1 is 0.917 bits per heavy atom. The van der Waals surface area contributed by atoms with Crippen molar-refractivity contribution in [2.75, 3.05) is 0 Å². The van der Waals surface area contributed by atoms with Crippen molar-refractivity contribution in [3.05, 3.63) is 0 Å². The van der Waals surface area contributed by atoms with E-state index in [4.69, 9.17) is 0 Å². The van der Waals surface area contributed by atoms with Gasteiger partial charge in [0, 0.05) is 12.1 Å². The van der Waals surface area contributed by atoms with Crippen LogP contribution >= 0.6 is 0 Å². The first-order valence-electron chi connectivity index (χ1n) is 4.09. The molecule has 0 saturated heterocycles. The zero-order valence-corrected chi connectivity index (χ0v) is 8.06. The molecule has 0 aromatic carbocycles. The maximum atomic E-state index is 10.9. The molecule has 0 saturated carbocycles. The number of carbonyl (C=O) groups excluding carboxylic acids is 1. The van der Waals surface area contributed by atoms with E-state index in [-0.39, 0.29) is 18.1 Å². The van der Waals surface area contributed by atoms with Gasteiger partial charge in [0.05, 0.1) is 0 Å². The number of hydrazine groups is 2. The number of urea groups is 1. The number of rotatable bonds is 4. The summed E-state index contributed by atoms with van der Waals surface area (Å²) in [6.45, 7) is 7.76. The second kappa shape index (κ2) is 5.79. The fourth-order valence-electron chi connectivity index (χ4n) is 0.451. The van der Waals surface area contributed by atoms with Crippen LogP contribution in [0, 0.1) is 0 Å². The lowest BCUT2D eigenvalue weighted by molar-refractivity contribution is 0.228. The molecule has 5 nitrogen and oxygen atoms in total. The zero-order valence-electron chi connectivity index (χ0n) is 8.06. The molecule has 2 amide bonds. The van der Waals surface area contributed by atoms with Crippen LogP contribution in [-0.4, -0.2) is 18.1 Å². The van der Waals surface area contributed by atoms with Crippen LogP contribution in [0.1, 0.15) is 27.7 Å². The van der Waals surface area contributed by atoms with E-state index in [0.29, 0.717) is 0 Å². The standard InChI is InChI=1S/C7H18N4O/c1-5(2)8-10-7(12)11-9-6(3)4/h5-6,8-9H,1-4H3,(H2,10,11,12). The van der Waals surface area contributed by atoms with E-state index in [1.54, 1.807) is 0 Å². The summed E-state index contributed by atoms with van der Waals surface area (Å²) < 4.78 is 0. The predicted octanol–water partition coefficient (Wildman–Crippen LogP) is 0.112. The van der Waals surface area contributed by atoms with E-state index >= 15 is 0 Å². The Labute approximate surface area is 73.2 Å². The van der Waals surface area contributed by atoms with Crippen molar-refractivity contribution in [1.82, 2.24) is 21.7 Å². The van der Waals surface area contributed by atoms with Crippen molar-refractivity contribution in [3.8, 4) is 0 Å². The van der Waals surface area contributed by atoms with Gasteiger partial charge in [-0.25, -0.2) is 15.6 Å². The summed E-state index contributed by atoms with van der Waals surface area (Å²) in [4.78, 5) is 10.9. The highest BCUT2D eigenvalue weighted by molar-refractivity contribution is 5.72. The first-order valence-corrected chi connectivity index (χ1v) is 4.09. The maximum absolute atomic E-state index is 10.9. The van der Waals surface area contributed by atoms with Crippen molar-refractivity contribution in [2.45, 2.75) is 39.8 Å². The number of hydrogen-bond donors (Lipinski definition) is 4. The van der Waals surface area contributed by atoms with Gasteiger partial charge in [0.2, 0.25) is 0 Å². The van der Waals surface area contributed by atoms with Crippen LogP contribution in [0.25, 0.3) is 0 Å². The predicted molar refractivity (Wildman–Crippen MR) is 48.2 cm³/mol. The van der Waals surface area contributed by atoms with E-state index in [1.165, 1.54) is 0 Å². The molecule has 0 bridgehead atoms. The monoisotopic (exact) mass is 174 g/mol. The molecule has 0 radical (unpaired) electrons. The smallest absolute Gasteiger partial charge is 0.272 e. The van der Waals surface area contributed by atoms with Crippen molar-refractivity contribution >= 4 is 6.03 Å². The topological polar surface area (TPSA) is 65.2 Å². The minimum absolute atomic E-state index is 0.231. The number of amides is 2. The Hall–Kier alpha value is -0.810. The third-order valence-corrected chi connectivity index (χ3v) is 0.949. The molecule has 0 aliphatic rings. The molecule has 0 fully saturated rings. The first-order chi connectivity index (χ1) is 5.52. The van der Waals surface area contributed by atoms with Crippen LogP contribution in [0.2, 0.25) is 0 Å². The number of nitrogens with one attached hydrogen (secondary N) is 4. The van der Waals surface area contributed by atoms with E-state index in [2.05, 4.69) is 21.7 Å². The molecule has 0 heterocycles. The lowest BCUT2D eigenvalue weighted by Gasteiger charge is -2.13. The van der Waals surface area contributed by atoms with Gasteiger partial charge in [0.15, 0.2) is 0 Å². The minimum Gasteiger partial charge on any atom is -0.272 e. The van der Waals surface area contributed by atoms with Crippen LogP contribution in [0.15, 0.2) is 0 Å². The highest BCUT2D eigenvalue weighted by atomic mass is 16.2. The molecule has 12 heavy (non-hydrogen) atoms. The van der Waals surface area contributed by atoms with Gasteiger partial charge in [-0.05, 0) is 27.7 Å². The molecule has 0 aromatic rings. The molecule has 0 aliphatic heterocycles. The molecule has 0 spiro atoms. The van der Waals surface area contributed by atoms with E-state index in [0.717, 1.165) is 0 Å². The fraction of sp³-hybridized carbons (Fsp3) is 0.857. The Bertz CT molecular complexity index is 121. The van der Waals surface area contributed by atoms with Crippen molar-refractivity contribution < 1.29 is 4.79 Å². The van der Waals surface area contributed by atoms with E-state index < -0.39 is 0 Å². The maximum Gasteiger partial charge on any atom is 0.343 e. The summed E-state index contributed by atoms with van der Waals surface area (Å²) in [5, 5.41) is 0. The van der Waals surface area contributed by atoms with Crippen LogP contribution < -0.4 is 21.7 Å². The Kier molecular flexibility index (Phi) is 5.40. The third kappa shape index (κ3) is 7.30. The average Bonchev–Trinajstić information content (AvgIpc) is 1.96. The SMILES string of the molecule is CC(C)NNC(=O)NNC(C)C. The highest BCUT2D eigenvalue weighted by Gasteiger charge is 1.99. The second-order valence-electron chi connectivity index (χ2n) is 3.18. The number of carbonyl (C=O) groups is 1. The fourth-order valence-corrected chi connectivity index (χ4v) is 0.451. The molecule has 0 aliphatic carbocycles. The molecule has 0 atom stereocenters. The lowest BCUT2D eigenvalue weighted by atomic mass is 10.4. The molecular formula is C7H18N4O. The van der Waals surface area contributed by atoms with Gasteiger partial charge in [-0.1, -0.05) is 0 Å². The zero-order chi connectivity index (χ0) is 9.56. The van der Waals surface area contributed by atoms with Gasteiger partial charge in [0.1, 0.15) is 0 Å². The minimum atomic E-state index is -0.280. The van der Waals surface area contributed by atoms with Gasteiger partial charge in [-0.3, -0.25) is 10.9 Å². The summed E-state index contributed by atoms with van der Waals surface area (Å²) in [5.74, 6) is 0. The summed E-state index contributed by atoms with van der Waals surface area (Å²) in [5.41, 5.74) is 10.5. The highest BCUT2D eigenvalue weighted by Crippen LogP contribution is 1.72. The summed E-state index contributed by atoms with van der Waals surface area (Å²) in [6.07, 6.45) is 0. The summed E-state index contributed by atoms with van der Waals surface area (Å²) in [6, 6.07) is 0.182. The summed E-state index contributed by atoms with van der Waals surface area (Å²) >= 11 is 0. The molecule has 0 unspecified atom stereocenters. The van der Waals surface area contributed by atoms with Crippen LogP contribution in [0.3, 0.4) is 0 Å². The third-order valence-electron chi connectivity index (χ3n) is 0.949. The average molecular weight is 174 g/mol. The molecule has 4 N–H and O–H groups in total. The van der Waals surface area contributed by atoms with Gasteiger partial charge in [-0.2, -0.15) is 0 Å². The number of hydrogen-bond acceptors (Lipinski definition) is 3. The van der Waals surface area contributed by atoms with Gasteiger partial charge >= 0.3 is 6.03 Å². The van der Waals surface area contributed by atoms with Crippen LogP contribution in [0.5, 0.6) is 0 Å². The first kappa shape index (κ1) is 11.2. The van der Waals surface area contributed by atoms with Crippen molar-refractivity contribution in [3.63, 3.8) is 0 Å². The molecule has 0 aromatic heterocycles. The quantitative estimate of drug-likeness (QED) is 0.457. The van der Waals surface area contributed by atoms with Gasteiger partial charge < -0.3 is 0 Å². The Morgan fingerprint density at radius 2 is 1.25 bits per heavy atom. The second-order valence-corrected chi connectivity index (χ2v) is 3.18. The molecule has 0 rings (SSSR count). The largest absolute Gasteiger partial charge is 0.343 e. The molecule has 5 heteroatoms.